The smallest absolute Gasteiger partial charge is 0.223 e. The van der Waals surface area contributed by atoms with Gasteiger partial charge in [0.1, 0.15) is 11.6 Å². The second kappa shape index (κ2) is 7.48. The molecule has 3 rings (SSSR count). The Balaban J connectivity index is 1.69. The van der Waals surface area contributed by atoms with Crippen LogP contribution in [0.25, 0.3) is 0 Å². The Morgan fingerprint density at radius 3 is 2.83 bits per heavy atom. The van der Waals surface area contributed by atoms with E-state index in [0.29, 0.717) is 25.7 Å². The summed E-state index contributed by atoms with van der Waals surface area (Å²) in [6, 6.07) is 1.94. The number of nitrogen functional groups attached to an aromatic ring is 1. The first-order valence-electron chi connectivity index (χ1n) is 8.32. The van der Waals surface area contributed by atoms with Gasteiger partial charge in [0.2, 0.25) is 5.95 Å². The number of hydrogen-bond donors (Lipinski definition) is 2. The number of ether oxygens (including phenoxy) is 1. The Hall–Kier alpha value is -2.35. The van der Waals surface area contributed by atoms with E-state index in [1.165, 1.54) is 0 Å². The van der Waals surface area contributed by atoms with E-state index in [9.17, 15) is 0 Å². The molecule has 0 spiro atoms. The normalized spacial score (nSPS) is 15.0. The van der Waals surface area contributed by atoms with Crippen molar-refractivity contribution in [3.05, 3.63) is 24.3 Å². The third-order valence-corrected chi connectivity index (χ3v) is 3.88. The molecule has 2 aromatic heterocycles. The molecular formula is C16H25N7O. The molecule has 0 bridgehead atoms. The molecule has 0 aliphatic carbocycles. The summed E-state index contributed by atoms with van der Waals surface area (Å²) >= 11 is 0. The van der Waals surface area contributed by atoms with Crippen molar-refractivity contribution in [2.45, 2.75) is 26.9 Å². The number of rotatable bonds is 6. The van der Waals surface area contributed by atoms with Crippen LogP contribution in [0, 0.1) is 5.92 Å². The Bertz CT molecular complexity index is 664. The predicted molar refractivity (Wildman–Crippen MR) is 93.9 cm³/mol. The summed E-state index contributed by atoms with van der Waals surface area (Å²) in [5, 5.41) is 3.33. The van der Waals surface area contributed by atoms with Crippen molar-refractivity contribution in [3.8, 4) is 0 Å². The zero-order chi connectivity index (χ0) is 16.9. The number of morpholine rings is 1. The second-order valence-corrected chi connectivity index (χ2v) is 6.35. The lowest BCUT2D eigenvalue weighted by atomic mass is 10.2. The molecule has 1 saturated heterocycles. The molecule has 3 heterocycles. The van der Waals surface area contributed by atoms with E-state index < -0.39 is 0 Å². The van der Waals surface area contributed by atoms with E-state index in [2.05, 4.69) is 43.6 Å². The van der Waals surface area contributed by atoms with E-state index in [1.807, 2.05) is 18.6 Å². The van der Waals surface area contributed by atoms with Crippen molar-refractivity contribution in [1.82, 2.24) is 19.5 Å². The number of nitrogens with one attached hydrogen (secondary N) is 1. The van der Waals surface area contributed by atoms with Crippen molar-refractivity contribution in [3.63, 3.8) is 0 Å². The lowest BCUT2D eigenvalue weighted by molar-refractivity contribution is 0.122. The average molecular weight is 331 g/mol. The SMILES string of the molecule is CC(C)Cn1cncc1CNc1cc(N2CCOCC2)nc(N)n1. The molecular weight excluding hydrogens is 306 g/mol. The highest BCUT2D eigenvalue weighted by atomic mass is 16.5. The standard InChI is InChI=1S/C16H25N7O/c1-12(2)10-23-11-18-8-13(23)9-19-14-7-15(21-16(17)20-14)22-3-5-24-6-4-22/h7-8,11-12H,3-6,9-10H2,1-2H3,(H3,17,19,20,21). The maximum atomic E-state index is 5.87. The molecule has 2 aromatic rings. The Morgan fingerprint density at radius 2 is 2.08 bits per heavy atom. The van der Waals surface area contributed by atoms with Crippen LogP contribution in [0.15, 0.2) is 18.6 Å². The first kappa shape index (κ1) is 16.5. The highest BCUT2D eigenvalue weighted by Crippen LogP contribution is 2.19. The fourth-order valence-electron chi connectivity index (χ4n) is 2.73. The van der Waals surface area contributed by atoms with Gasteiger partial charge in [-0.3, -0.25) is 0 Å². The number of nitrogens with zero attached hydrogens (tertiary/aromatic N) is 5. The molecule has 0 atom stereocenters. The van der Waals surface area contributed by atoms with Crippen LogP contribution >= 0.6 is 0 Å². The largest absolute Gasteiger partial charge is 0.378 e. The van der Waals surface area contributed by atoms with Gasteiger partial charge < -0.3 is 25.3 Å². The zero-order valence-corrected chi connectivity index (χ0v) is 14.3. The summed E-state index contributed by atoms with van der Waals surface area (Å²) in [6.07, 6.45) is 3.74. The number of anilines is 3. The van der Waals surface area contributed by atoms with Gasteiger partial charge in [0.05, 0.1) is 31.8 Å². The van der Waals surface area contributed by atoms with Gasteiger partial charge >= 0.3 is 0 Å². The molecule has 0 aromatic carbocycles. The number of hydrogen-bond acceptors (Lipinski definition) is 7. The third kappa shape index (κ3) is 4.14. The van der Waals surface area contributed by atoms with Gasteiger partial charge in [-0.2, -0.15) is 9.97 Å². The predicted octanol–water partition coefficient (Wildman–Crippen LogP) is 1.36. The summed E-state index contributed by atoms with van der Waals surface area (Å²) in [4.78, 5) is 15.0. The van der Waals surface area contributed by atoms with Crippen molar-refractivity contribution < 1.29 is 4.74 Å². The quantitative estimate of drug-likeness (QED) is 0.825. The van der Waals surface area contributed by atoms with E-state index in [1.54, 1.807) is 0 Å². The molecule has 3 N–H and O–H groups in total. The summed E-state index contributed by atoms with van der Waals surface area (Å²) in [7, 11) is 0. The van der Waals surface area contributed by atoms with Crippen LogP contribution in [0.4, 0.5) is 17.6 Å². The van der Waals surface area contributed by atoms with Crippen molar-refractivity contribution >= 4 is 17.6 Å². The summed E-state index contributed by atoms with van der Waals surface area (Å²) in [5.74, 6) is 2.41. The number of imidazole rings is 1. The maximum Gasteiger partial charge on any atom is 0.223 e. The van der Waals surface area contributed by atoms with Crippen LogP contribution in [0.3, 0.4) is 0 Å². The van der Waals surface area contributed by atoms with Crippen molar-refractivity contribution in [2.24, 2.45) is 5.92 Å². The van der Waals surface area contributed by atoms with Crippen LogP contribution < -0.4 is 16.0 Å². The van der Waals surface area contributed by atoms with E-state index in [4.69, 9.17) is 10.5 Å². The van der Waals surface area contributed by atoms with E-state index >= 15 is 0 Å². The van der Waals surface area contributed by atoms with E-state index in [-0.39, 0.29) is 5.95 Å². The molecule has 0 saturated carbocycles. The molecule has 8 heteroatoms. The molecule has 8 nitrogen and oxygen atoms in total. The first-order valence-corrected chi connectivity index (χ1v) is 8.32. The zero-order valence-electron chi connectivity index (χ0n) is 14.3. The summed E-state index contributed by atoms with van der Waals surface area (Å²) in [5.41, 5.74) is 6.99. The lowest BCUT2D eigenvalue weighted by Gasteiger charge is -2.28. The van der Waals surface area contributed by atoms with Gasteiger partial charge in [0.15, 0.2) is 0 Å². The minimum absolute atomic E-state index is 0.275. The van der Waals surface area contributed by atoms with Gasteiger partial charge in [-0.25, -0.2) is 4.98 Å². The first-order chi connectivity index (χ1) is 11.6. The molecule has 1 aliphatic heterocycles. The van der Waals surface area contributed by atoms with Crippen LogP contribution in [0.5, 0.6) is 0 Å². The minimum Gasteiger partial charge on any atom is -0.378 e. The molecule has 1 aliphatic rings. The number of aromatic nitrogens is 4. The van der Waals surface area contributed by atoms with Crippen LogP contribution in [-0.2, 0) is 17.8 Å². The highest BCUT2D eigenvalue weighted by molar-refractivity contribution is 5.52. The topological polar surface area (TPSA) is 94.1 Å². The molecule has 24 heavy (non-hydrogen) atoms. The van der Waals surface area contributed by atoms with Gasteiger partial charge in [0.25, 0.3) is 0 Å². The Morgan fingerprint density at radius 1 is 1.29 bits per heavy atom. The number of nitrogens with two attached hydrogens (primary N) is 1. The Labute approximate surface area is 142 Å². The van der Waals surface area contributed by atoms with Crippen LogP contribution in [0.2, 0.25) is 0 Å². The van der Waals surface area contributed by atoms with Crippen LogP contribution in [-0.4, -0.2) is 45.8 Å². The third-order valence-electron chi connectivity index (χ3n) is 3.88. The molecule has 130 valence electrons. The second-order valence-electron chi connectivity index (χ2n) is 6.35. The van der Waals surface area contributed by atoms with Gasteiger partial charge in [0, 0.05) is 31.9 Å². The average Bonchev–Trinajstić information content (AvgIpc) is 2.99. The molecule has 0 radical (unpaired) electrons. The summed E-state index contributed by atoms with van der Waals surface area (Å²) < 4.78 is 7.54. The monoisotopic (exact) mass is 331 g/mol. The fraction of sp³-hybridized carbons (Fsp3) is 0.562. The maximum absolute atomic E-state index is 5.87. The van der Waals surface area contributed by atoms with E-state index in [0.717, 1.165) is 37.0 Å². The van der Waals surface area contributed by atoms with Gasteiger partial charge in [-0.1, -0.05) is 13.8 Å². The van der Waals surface area contributed by atoms with Gasteiger partial charge in [-0.15, -0.1) is 0 Å². The molecule has 0 amide bonds. The Kier molecular flexibility index (Phi) is 5.14. The van der Waals surface area contributed by atoms with Gasteiger partial charge in [-0.05, 0) is 5.92 Å². The summed E-state index contributed by atoms with van der Waals surface area (Å²) in [6.45, 7) is 9.03. The fourth-order valence-corrected chi connectivity index (χ4v) is 2.73. The highest BCUT2D eigenvalue weighted by Gasteiger charge is 2.14. The lowest BCUT2D eigenvalue weighted by Crippen LogP contribution is -2.37. The minimum atomic E-state index is 0.275. The molecule has 1 fully saturated rings. The molecule has 0 unspecified atom stereocenters. The van der Waals surface area contributed by atoms with Crippen LogP contribution in [0.1, 0.15) is 19.5 Å². The van der Waals surface area contributed by atoms with Crippen molar-refractivity contribution in [1.29, 1.82) is 0 Å². The van der Waals surface area contributed by atoms with Crippen molar-refractivity contribution in [2.75, 3.05) is 42.3 Å².